The summed E-state index contributed by atoms with van der Waals surface area (Å²) in [5.41, 5.74) is 0.107. The molecule has 0 unspecified atom stereocenters. The maximum Gasteiger partial charge on any atom is 0.488 e. The van der Waals surface area contributed by atoms with Crippen LogP contribution >= 0.6 is 0 Å². The minimum absolute atomic E-state index is 0.0463. The molecule has 0 aliphatic rings. The van der Waals surface area contributed by atoms with E-state index in [-0.39, 0.29) is 11.0 Å². The topological polar surface area (TPSA) is 60.7 Å². The number of hydrogen-bond donors (Lipinski definition) is 3. The van der Waals surface area contributed by atoms with Crippen LogP contribution in [0.25, 0.3) is 0 Å². The lowest BCUT2D eigenvalue weighted by molar-refractivity contribution is 0.420. The molecule has 0 fully saturated rings. The van der Waals surface area contributed by atoms with Crippen molar-refractivity contribution in [2.24, 2.45) is 0 Å². The van der Waals surface area contributed by atoms with Gasteiger partial charge < -0.3 is 15.2 Å². The summed E-state index contributed by atoms with van der Waals surface area (Å²) in [5, 5.41) is 26.3. The monoisotopic (exact) mass is 170 g/mol. The number of rotatable bonds is 1. The van der Waals surface area contributed by atoms with E-state index in [0.717, 1.165) is 6.07 Å². The molecule has 64 valence electrons. The van der Waals surface area contributed by atoms with E-state index >= 15 is 0 Å². The van der Waals surface area contributed by atoms with E-state index in [4.69, 9.17) is 15.2 Å². The first-order chi connectivity index (χ1) is 5.54. The summed E-state index contributed by atoms with van der Waals surface area (Å²) in [4.78, 5) is 0. The smallest absolute Gasteiger partial charge is 0.488 e. The van der Waals surface area contributed by atoms with E-state index in [0.29, 0.717) is 0 Å². The van der Waals surface area contributed by atoms with Crippen molar-refractivity contribution in [3.05, 3.63) is 23.5 Å². The van der Waals surface area contributed by atoms with Crippen LogP contribution in [-0.2, 0) is 0 Å². The largest absolute Gasteiger partial charge is 0.505 e. The molecule has 0 radical (unpaired) electrons. The van der Waals surface area contributed by atoms with Crippen molar-refractivity contribution in [2.75, 3.05) is 0 Å². The van der Waals surface area contributed by atoms with Crippen molar-refractivity contribution in [3.63, 3.8) is 0 Å². The van der Waals surface area contributed by atoms with Crippen molar-refractivity contribution in [3.8, 4) is 5.75 Å². The van der Waals surface area contributed by atoms with Crippen LogP contribution in [0.1, 0.15) is 5.56 Å². The van der Waals surface area contributed by atoms with Gasteiger partial charge in [0, 0.05) is 0 Å². The van der Waals surface area contributed by atoms with Gasteiger partial charge in [0.05, 0.1) is 0 Å². The number of halogens is 1. The zero-order valence-electron chi connectivity index (χ0n) is 6.45. The number of benzene rings is 1. The van der Waals surface area contributed by atoms with Gasteiger partial charge in [-0.1, -0.05) is 6.07 Å². The molecule has 1 aromatic rings. The maximum atomic E-state index is 12.9. The lowest BCUT2D eigenvalue weighted by Crippen LogP contribution is -2.32. The standard InChI is InChI=1S/C7H8BFO3/c1-4-5(8(11)12)2-3-6(10)7(4)9/h2-3,10-12H,1H3. The molecule has 0 aliphatic carbocycles. The molecule has 1 rings (SSSR count). The fourth-order valence-electron chi connectivity index (χ4n) is 0.965. The minimum Gasteiger partial charge on any atom is -0.505 e. The quantitative estimate of drug-likeness (QED) is 0.498. The Bertz CT molecular complexity index is 301. The number of phenolic OH excluding ortho intramolecular Hbond substituents is 1. The highest BCUT2D eigenvalue weighted by atomic mass is 19.1. The fourth-order valence-corrected chi connectivity index (χ4v) is 0.965. The van der Waals surface area contributed by atoms with E-state index in [2.05, 4.69) is 0 Å². The molecule has 0 saturated heterocycles. The first-order valence-corrected chi connectivity index (χ1v) is 3.38. The van der Waals surface area contributed by atoms with Crippen molar-refractivity contribution in [1.29, 1.82) is 0 Å². The molecule has 0 saturated carbocycles. The average molecular weight is 170 g/mol. The van der Waals surface area contributed by atoms with Gasteiger partial charge in [0.2, 0.25) is 0 Å². The zero-order valence-corrected chi connectivity index (χ0v) is 6.45. The normalized spacial score (nSPS) is 10.0. The molecule has 0 aliphatic heterocycles. The third-order valence-electron chi connectivity index (χ3n) is 1.69. The number of phenols is 1. The Morgan fingerprint density at radius 1 is 1.33 bits per heavy atom. The molecule has 0 atom stereocenters. The average Bonchev–Trinajstić information content (AvgIpc) is 2.00. The van der Waals surface area contributed by atoms with Gasteiger partial charge in [-0.15, -0.1) is 0 Å². The molecule has 3 nitrogen and oxygen atoms in total. The van der Waals surface area contributed by atoms with Crippen molar-refractivity contribution in [2.45, 2.75) is 6.92 Å². The van der Waals surface area contributed by atoms with Gasteiger partial charge in [-0.25, -0.2) is 4.39 Å². The summed E-state index contributed by atoms with van der Waals surface area (Å²) in [5.74, 6) is -1.31. The molecule has 0 aromatic heterocycles. The summed E-state index contributed by atoms with van der Waals surface area (Å²) in [6, 6.07) is 2.34. The van der Waals surface area contributed by atoms with Crippen LogP contribution in [0.4, 0.5) is 4.39 Å². The molecule has 0 spiro atoms. The molecule has 0 heterocycles. The Hall–Kier alpha value is -1.07. The Balaban J connectivity index is 3.27. The fraction of sp³-hybridized carbons (Fsp3) is 0.143. The first kappa shape index (κ1) is 9.03. The Morgan fingerprint density at radius 3 is 2.42 bits per heavy atom. The van der Waals surface area contributed by atoms with Crippen LogP contribution in [0.15, 0.2) is 12.1 Å². The third kappa shape index (κ3) is 1.42. The van der Waals surface area contributed by atoms with E-state index in [9.17, 15) is 4.39 Å². The third-order valence-corrected chi connectivity index (χ3v) is 1.69. The van der Waals surface area contributed by atoms with Gasteiger partial charge in [-0.05, 0) is 24.0 Å². The lowest BCUT2D eigenvalue weighted by Gasteiger charge is -2.05. The Labute approximate surface area is 69.2 Å². The van der Waals surface area contributed by atoms with Crippen molar-refractivity contribution >= 4 is 12.6 Å². The number of aromatic hydroxyl groups is 1. The van der Waals surface area contributed by atoms with E-state index in [1.165, 1.54) is 13.0 Å². The second-order valence-electron chi connectivity index (χ2n) is 2.49. The predicted molar refractivity (Wildman–Crippen MR) is 42.6 cm³/mol. The van der Waals surface area contributed by atoms with Gasteiger partial charge in [-0.3, -0.25) is 0 Å². The van der Waals surface area contributed by atoms with Gasteiger partial charge in [0.15, 0.2) is 11.6 Å². The summed E-state index contributed by atoms with van der Waals surface area (Å²) in [6.45, 7) is 1.36. The molecule has 0 amide bonds. The Kier molecular flexibility index (Phi) is 2.35. The Morgan fingerprint density at radius 2 is 1.92 bits per heavy atom. The predicted octanol–water partition coefficient (Wildman–Crippen LogP) is -0.480. The molecule has 5 heteroatoms. The molecule has 3 N–H and O–H groups in total. The summed E-state index contributed by atoms with van der Waals surface area (Å²) >= 11 is 0. The second kappa shape index (κ2) is 3.12. The van der Waals surface area contributed by atoms with Gasteiger partial charge in [0.1, 0.15) is 0 Å². The van der Waals surface area contributed by atoms with Crippen LogP contribution in [0.5, 0.6) is 5.75 Å². The van der Waals surface area contributed by atoms with Crippen LogP contribution in [0.2, 0.25) is 0 Å². The van der Waals surface area contributed by atoms with Gasteiger partial charge in [-0.2, -0.15) is 0 Å². The first-order valence-electron chi connectivity index (χ1n) is 3.38. The van der Waals surface area contributed by atoms with Crippen molar-refractivity contribution < 1.29 is 19.5 Å². The number of hydrogen-bond acceptors (Lipinski definition) is 3. The minimum atomic E-state index is -1.71. The molecular formula is C7H8BFO3. The highest BCUT2D eigenvalue weighted by molar-refractivity contribution is 6.59. The highest BCUT2D eigenvalue weighted by Gasteiger charge is 2.17. The lowest BCUT2D eigenvalue weighted by atomic mass is 9.77. The highest BCUT2D eigenvalue weighted by Crippen LogP contribution is 2.16. The van der Waals surface area contributed by atoms with Crippen LogP contribution in [0, 0.1) is 12.7 Å². The second-order valence-corrected chi connectivity index (χ2v) is 2.49. The summed E-state index contributed by atoms with van der Waals surface area (Å²) < 4.78 is 12.9. The molecule has 1 aromatic carbocycles. The van der Waals surface area contributed by atoms with Gasteiger partial charge >= 0.3 is 7.12 Å². The van der Waals surface area contributed by atoms with E-state index in [1.807, 2.05) is 0 Å². The van der Waals surface area contributed by atoms with Crippen LogP contribution in [0.3, 0.4) is 0 Å². The van der Waals surface area contributed by atoms with E-state index in [1.54, 1.807) is 0 Å². The van der Waals surface area contributed by atoms with E-state index < -0.39 is 18.7 Å². The van der Waals surface area contributed by atoms with Crippen LogP contribution < -0.4 is 5.46 Å². The summed E-state index contributed by atoms with van der Waals surface area (Å²) in [7, 11) is -1.71. The zero-order chi connectivity index (χ0) is 9.30. The maximum absolute atomic E-state index is 12.9. The van der Waals surface area contributed by atoms with Crippen molar-refractivity contribution in [1.82, 2.24) is 0 Å². The summed E-state index contributed by atoms with van der Waals surface area (Å²) in [6.07, 6.45) is 0. The van der Waals surface area contributed by atoms with Gasteiger partial charge in [0.25, 0.3) is 0 Å². The van der Waals surface area contributed by atoms with Crippen LogP contribution in [-0.4, -0.2) is 22.3 Å². The molecule has 0 bridgehead atoms. The SMILES string of the molecule is Cc1c(B(O)O)ccc(O)c1F. The molecule has 12 heavy (non-hydrogen) atoms. The molecular weight excluding hydrogens is 162 g/mol.